The van der Waals surface area contributed by atoms with Gasteiger partial charge in [-0.15, -0.1) is 0 Å². The van der Waals surface area contributed by atoms with Gasteiger partial charge in [-0.05, 0) is 74.0 Å². The van der Waals surface area contributed by atoms with Gasteiger partial charge in [0.05, 0.1) is 29.2 Å². The Hall–Kier alpha value is -3.83. The number of sulfonamides is 1. The van der Waals surface area contributed by atoms with Crippen LogP contribution in [0.4, 0.5) is 10.1 Å². The third-order valence-corrected chi connectivity index (χ3v) is 8.06. The zero-order valence-electron chi connectivity index (χ0n) is 20.9. The Morgan fingerprint density at radius 1 is 0.974 bits per heavy atom. The van der Waals surface area contributed by atoms with Crippen molar-refractivity contribution >= 4 is 26.6 Å². The number of likely N-dealkylation sites (tertiary alicyclic amines) is 1. The molecule has 2 aromatic carbocycles. The van der Waals surface area contributed by atoms with Crippen molar-refractivity contribution in [2.45, 2.75) is 30.7 Å². The highest BCUT2D eigenvalue weighted by Gasteiger charge is 2.19. The fraction of sp³-hybridized carbons (Fsp3) is 0.296. The van der Waals surface area contributed by atoms with Gasteiger partial charge in [-0.25, -0.2) is 22.8 Å². The molecule has 3 heterocycles. The standard InChI is InChI=1S/C27H28FN5O4S/c1-37-26-25(31-38(35,36)22-8-6-21(28)7-9-22)16-20(17-29-26)19-5-10-24-23(15-19)27(34)33(18-30-24)14-13-32-11-3-2-4-12-32/h5-10,15-18,31H,2-4,11-14H2,1H3. The van der Waals surface area contributed by atoms with Crippen molar-refractivity contribution in [3.8, 4) is 17.0 Å². The first-order valence-electron chi connectivity index (χ1n) is 12.4. The SMILES string of the molecule is COc1ncc(-c2ccc3ncn(CCN4CCCCC4)c(=O)c3c2)cc1NS(=O)(=O)c1ccc(F)cc1. The number of hydrogen-bond acceptors (Lipinski definition) is 7. The Morgan fingerprint density at radius 2 is 1.74 bits per heavy atom. The predicted octanol–water partition coefficient (Wildman–Crippen LogP) is 3.89. The van der Waals surface area contributed by atoms with E-state index in [1.54, 1.807) is 41.4 Å². The molecule has 0 spiro atoms. The second kappa shape index (κ2) is 10.9. The van der Waals surface area contributed by atoms with Crippen molar-refractivity contribution in [2.24, 2.45) is 0 Å². The maximum atomic E-state index is 13.3. The number of hydrogen-bond donors (Lipinski definition) is 1. The molecule has 0 saturated carbocycles. The minimum atomic E-state index is -4.03. The number of ether oxygens (including phenoxy) is 1. The zero-order valence-corrected chi connectivity index (χ0v) is 21.7. The van der Waals surface area contributed by atoms with E-state index in [1.165, 1.54) is 38.5 Å². The van der Waals surface area contributed by atoms with E-state index in [1.807, 2.05) is 0 Å². The fourth-order valence-corrected chi connectivity index (χ4v) is 5.64. The molecule has 1 fully saturated rings. The van der Waals surface area contributed by atoms with Crippen LogP contribution in [0, 0.1) is 5.82 Å². The first kappa shape index (κ1) is 25.8. The zero-order chi connectivity index (χ0) is 26.7. The number of anilines is 1. The van der Waals surface area contributed by atoms with Crippen LogP contribution >= 0.6 is 0 Å². The Balaban J connectivity index is 1.45. The van der Waals surface area contributed by atoms with Gasteiger partial charge in [0.2, 0.25) is 5.88 Å². The van der Waals surface area contributed by atoms with Crippen molar-refractivity contribution in [1.82, 2.24) is 19.4 Å². The number of pyridine rings is 1. The number of aromatic nitrogens is 3. The lowest BCUT2D eigenvalue weighted by Crippen LogP contribution is -2.34. The average molecular weight is 538 g/mol. The van der Waals surface area contributed by atoms with Crippen LogP contribution in [-0.2, 0) is 16.6 Å². The third-order valence-electron chi connectivity index (χ3n) is 6.68. The molecule has 9 nitrogen and oxygen atoms in total. The third kappa shape index (κ3) is 5.53. The molecule has 5 rings (SSSR count). The van der Waals surface area contributed by atoms with Gasteiger partial charge in [0, 0.05) is 24.8 Å². The number of nitrogens with one attached hydrogen (secondary N) is 1. The molecule has 0 amide bonds. The summed E-state index contributed by atoms with van der Waals surface area (Å²) in [6.45, 7) is 3.47. The molecule has 4 aromatic rings. The monoisotopic (exact) mass is 537 g/mol. The number of benzene rings is 2. The minimum Gasteiger partial charge on any atom is -0.480 e. The highest BCUT2D eigenvalue weighted by Crippen LogP contribution is 2.31. The molecular formula is C27H28FN5O4S. The van der Waals surface area contributed by atoms with Crippen molar-refractivity contribution in [2.75, 3.05) is 31.5 Å². The van der Waals surface area contributed by atoms with Crippen molar-refractivity contribution in [1.29, 1.82) is 0 Å². The lowest BCUT2D eigenvalue weighted by atomic mass is 10.1. The molecule has 198 valence electrons. The van der Waals surface area contributed by atoms with Crippen LogP contribution in [0.25, 0.3) is 22.0 Å². The summed E-state index contributed by atoms with van der Waals surface area (Å²) >= 11 is 0. The van der Waals surface area contributed by atoms with Gasteiger partial charge in [0.25, 0.3) is 15.6 Å². The van der Waals surface area contributed by atoms with Gasteiger partial charge in [-0.3, -0.25) is 14.1 Å². The lowest BCUT2D eigenvalue weighted by Gasteiger charge is -2.26. The summed E-state index contributed by atoms with van der Waals surface area (Å²) in [6, 6.07) is 11.4. The van der Waals surface area contributed by atoms with Gasteiger partial charge < -0.3 is 9.64 Å². The predicted molar refractivity (Wildman–Crippen MR) is 143 cm³/mol. The highest BCUT2D eigenvalue weighted by molar-refractivity contribution is 7.92. The number of halogens is 1. The summed E-state index contributed by atoms with van der Waals surface area (Å²) < 4.78 is 48.4. The van der Waals surface area contributed by atoms with E-state index < -0.39 is 15.8 Å². The number of nitrogens with zero attached hydrogens (tertiary/aromatic N) is 4. The van der Waals surface area contributed by atoms with Gasteiger partial charge in [-0.2, -0.15) is 0 Å². The molecule has 2 aromatic heterocycles. The number of rotatable bonds is 8. The van der Waals surface area contributed by atoms with Crippen LogP contribution in [-0.4, -0.2) is 54.6 Å². The van der Waals surface area contributed by atoms with E-state index in [4.69, 9.17) is 4.74 Å². The minimum absolute atomic E-state index is 0.0713. The number of piperidine rings is 1. The average Bonchev–Trinajstić information content (AvgIpc) is 2.93. The molecule has 0 radical (unpaired) electrons. The summed E-state index contributed by atoms with van der Waals surface area (Å²) in [5, 5.41) is 0.466. The molecule has 0 unspecified atom stereocenters. The quantitative estimate of drug-likeness (QED) is 0.363. The van der Waals surface area contributed by atoms with Gasteiger partial charge in [0.1, 0.15) is 11.5 Å². The van der Waals surface area contributed by atoms with E-state index in [9.17, 15) is 17.6 Å². The second-order valence-corrected chi connectivity index (χ2v) is 10.9. The van der Waals surface area contributed by atoms with Crippen LogP contribution in [0.3, 0.4) is 0 Å². The first-order valence-corrected chi connectivity index (χ1v) is 13.9. The van der Waals surface area contributed by atoms with Gasteiger partial charge in [0.15, 0.2) is 0 Å². The molecule has 11 heteroatoms. The topological polar surface area (TPSA) is 106 Å². The van der Waals surface area contributed by atoms with Crippen LogP contribution in [0.5, 0.6) is 5.88 Å². The van der Waals surface area contributed by atoms with Crippen molar-refractivity contribution < 1.29 is 17.5 Å². The molecular weight excluding hydrogens is 509 g/mol. The summed E-state index contributed by atoms with van der Waals surface area (Å²) in [4.78, 5) is 24.3. The molecule has 0 bridgehead atoms. The molecule has 0 atom stereocenters. The molecule has 1 aliphatic rings. The van der Waals surface area contributed by atoms with Crippen molar-refractivity contribution in [3.63, 3.8) is 0 Å². The summed E-state index contributed by atoms with van der Waals surface area (Å²) in [7, 11) is -2.65. The smallest absolute Gasteiger partial charge is 0.262 e. The first-order chi connectivity index (χ1) is 18.3. The molecule has 1 N–H and O–H groups in total. The normalized spacial score (nSPS) is 14.5. The maximum absolute atomic E-state index is 13.3. The van der Waals surface area contributed by atoms with E-state index in [0.29, 0.717) is 28.6 Å². The molecule has 1 saturated heterocycles. The summed E-state index contributed by atoms with van der Waals surface area (Å²) in [5.74, 6) is -0.469. The Bertz CT molecular complexity index is 1620. The van der Waals surface area contributed by atoms with E-state index in [0.717, 1.165) is 31.8 Å². The highest BCUT2D eigenvalue weighted by atomic mass is 32.2. The molecule has 38 heavy (non-hydrogen) atoms. The van der Waals surface area contributed by atoms with E-state index in [2.05, 4.69) is 19.6 Å². The largest absolute Gasteiger partial charge is 0.480 e. The van der Waals surface area contributed by atoms with Crippen molar-refractivity contribution in [3.05, 3.63) is 77.2 Å². The van der Waals surface area contributed by atoms with Crippen LogP contribution in [0.1, 0.15) is 19.3 Å². The Kier molecular flexibility index (Phi) is 7.39. The summed E-state index contributed by atoms with van der Waals surface area (Å²) in [5.41, 5.74) is 1.80. The van der Waals surface area contributed by atoms with Gasteiger partial charge in [-0.1, -0.05) is 12.5 Å². The number of methoxy groups -OCH3 is 1. The molecule has 0 aliphatic carbocycles. The second-order valence-electron chi connectivity index (χ2n) is 9.22. The molecule has 1 aliphatic heterocycles. The fourth-order valence-electron chi connectivity index (χ4n) is 4.59. The van der Waals surface area contributed by atoms with Crippen LogP contribution < -0.4 is 15.0 Å². The van der Waals surface area contributed by atoms with E-state index >= 15 is 0 Å². The Labute approximate surface area is 220 Å². The number of fused-ring (bicyclic) bond motifs is 1. The maximum Gasteiger partial charge on any atom is 0.262 e. The van der Waals surface area contributed by atoms with E-state index in [-0.39, 0.29) is 22.0 Å². The Morgan fingerprint density at radius 3 is 2.47 bits per heavy atom. The lowest BCUT2D eigenvalue weighted by molar-refractivity contribution is 0.220. The van der Waals surface area contributed by atoms with Crippen LogP contribution in [0.15, 0.2) is 70.7 Å². The summed E-state index contributed by atoms with van der Waals surface area (Å²) in [6.07, 6.45) is 6.76. The van der Waals surface area contributed by atoms with Crippen LogP contribution in [0.2, 0.25) is 0 Å². The van der Waals surface area contributed by atoms with Gasteiger partial charge >= 0.3 is 0 Å².